The van der Waals surface area contributed by atoms with Crippen LogP contribution in [0.4, 0.5) is 0 Å². The Bertz CT molecular complexity index is 341. The van der Waals surface area contributed by atoms with Crippen molar-refractivity contribution in [2.75, 3.05) is 13.2 Å². The summed E-state index contributed by atoms with van der Waals surface area (Å²) in [5.41, 5.74) is 0. The Morgan fingerprint density at radius 3 is 3.00 bits per heavy atom. The van der Waals surface area contributed by atoms with Gasteiger partial charge in [-0.3, -0.25) is 0 Å². The lowest BCUT2D eigenvalue weighted by molar-refractivity contribution is 0.228. The van der Waals surface area contributed by atoms with Crippen molar-refractivity contribution in [3.05, 3.63) is 23.7 Å². The molecule has 1 heterocycles. The lowest BCUT2D eigenvalue weighted by Gasteiger charge is -2.07. The number of aliphatic hydroxyl groups excluding tert-OH is 1. The van der Waals surface area contributed by atoms with E-state index < -0.39 is 0 Å². The molecule has 2 N–H and O–H groups in total. The Labute approximate surface area is 95.9 Å². The minimum absolute atomic E-state index is 0.254. The van der Waals surface area contributed by atoms with Crippen LogP contribution in [0.3, 0.4) is 0 Å². The van der Waals surface area contributed by atoms with Gasteiger partial charge < -0.3 is 14.8 Å². The number of nitrogens with one attached hydrogen (secondary N) is 1. The van der Waals surface area contributed by atoms with Crippen molar-refractivity contribution in [2.45, 2.75) is 26.3 Å². The third-order valence-electron chi connectivity index (χ3n) is 2.43. The maximum absolute atomic E-state index is 8.83. The van der Waals surface area contributed by atoms with Gasteiger partial charge in [-0.2, -0.15) is 5.26 Å². The van der Waals surface area contributed by atoms with Gasteiger partial charge in [0.2, 0.25) is 5.76 Å². The van der Waals surface area contributed by atoms with Gasteiger partial charge in [-0.15, -0.1) is 0 Å². The summed E-state index contributed by atoms with van der Waals surface area (Å²) in [6.45, 7) is 3.83. The Hall–Kier alpha value is -1.31. The maximum atomic E-state index is 8.83. The van der Waals surface area contributed by atoms with Crippen LogP contribution >= 0.6 is 0 Å². The molecule has 0 radical (unpaired) electrons. The molecule has 0 saturated carbocycles. The van der Waals surface area contributed by atoms with Crippen LogP contribution in [0.25, 0.3) is 0 Å². The van der Waals surface area contributed by atoms with Crippen LogP contribution in [0.1, 0.15) is 31.3 Å². The molecule has 4 nitrogen and oxygen atoms in total. The highest BCUT2D eigenvalue weighted by Crippen LogP contribution is 2.06. The fourth-order valence-corrected chi connectivity index (χ4v) is 1.41. The fraction of sp³-hybridized carbons (Fsp3) is 0.583. The van der Waals surface area contributed by atoms with Crippen LogP contribution in [0.2, 0.25) is 0 Å². The lowest BCUT2D eigenvalue weighted by atomic mass is 10.1. The predicted octanol–water partition coefficient (Wildman–Crippen LogP) is 1.65. The van der Waals surface area contributed by atoms with E-state index in [9.17, 15) is 0 Å². The van der Waals surface area contributed by atoms with Gasteiger partial charge in [0, 0.05) is 6.61 Å². The molecule has 0 fully saturated rings. The Balaban J connectivity index is 2.09. The molecule has 1 rings (SSSR count). The van der Waals surface area contributed by atoms with E-state index in [1.165, 1.54) is 0 Å². The number of hydrogen-bond acceptors (Lipinski definition) is 4. The summed E-state index contributed by atoms with van der Waals surface area (Å²) >= 11 is 0. The van der Waals surface area contributed by atoms with Gasteiger partial charge in [0.1, 0.15) is 11.8 Å². The van der Waals surface area contributed by atoms with Crippen LogP contribution in [-0.2, 0) is 6.54 Å². The third kappa shape index (κ3) is 4.47. The molecule has 0 spiro atoms. The standard InChI is InChI=1S/C12H18N2O2/c1-10(9-15)3-2-6-14-8-12-5-4-11(7-13)16-12/h4-5,10,14-15H,2-3,6,8-9H2,1H3. The second kappa shape index (κ2) is 7.04. The molecule has 16 heavy (non-hydrogen) atoms. The van der Waals surface area contributed by atoms with E-state index in [-0.39, 0.29) is 6.61 Å². The predicted molar refractivity (Wildman–Crippen MR) is 60.6 cm³/mol. The van der Waals surface area contributed by atoms with Crippen LogP contribution in [-0.4, -0.2) is 18.3 Å². The smallest absolute Gasteiger partial charge is 0.203 e. The number of furan rings is 1. The molecule has 1 aromatic heterocycles. The fourth-order valence-electron chi connectivity index (χ4n) is 1.41. The van der Waals surface area contributed by atoms with E-state index in [2.05, 4.69) is 5.32 Å². The van der Waals surface area contributed by atoms with Crippen molar-refractivity contribution in [1.29, 1.82) is 5.26 Å². The minimum Gasteiger partial charge on any atom is -0.449 e. The van der Waals surface area contributed by atoms with Crippen LogP contribution in [0.5, 0.6) is 0 Å². The minimum atomic E-state index is 0.254. The normalized spacial score (nSPS) is 12.3. The summed E-state index contributed by atoms with van der Waals surface area (Å²) in [4.78, 5) is 0. The molecule has 0 aliphatic carbocycles. The van der Waals surface area contributed by atoms with Gasteiger partial charge in [-0.1, -0.05) is 6.92 Å². The first-order valence-electron chi connectivity index (χ1n) is 5.56. The van der Waals surface area contributed by atoms with E-state index in [1.807, 2.05) is 19.1 Å². The average molecular weight is 222 g/mol. The highest BCUT2D eigenvalue weighted by Gasteiger charge is 2.01. The van der Waals surface area contributed by atoms with Crippen molar-refractivity contribution >= 4 is 0 Å². The van der Waals surface area contributed by atoms with Gasteiger partial charge in [0.05, 0.1) is 6.54 Å². The third-order valence-corrected chi connectivity index (χ3v) is 2.43. The Kier molecular flexibility index (Phi) is 5.62. The molecule has 1 unspecified atom stereocenters. The quantitative estimate of drug-likeness (QED) is 0.688. The number of rotatable bonds is 7. The highest BCUT2D eigenvalue weighted by molar-refractivity contribution is 5.18. The first kappa shape index (κ1) is 12.8. The van der Waals surface area contributed by atoms with Crippen LogP contribution in [0.15, 0.2) is 16.5 Å². The summed E-state index contributed by atoms with van der Waals surface area (Å²) in [5, 5.41) is 20.6. The molecular weight excluding hydrogens is 204 g/mol. The highest BCUT2D eigenvalue weighted by atomic mass is 16.3. The summed E-state index contributed by atoms with van der Waals surface area (Å²) in [7, 11) is 0. The van der Waals surface area contributed by atoms with Gasteiger partial charge in [0.25, 0.3) is 0 Å². The van der Waals surface area contributed by atoms with Crippen molar-refractivity contribution < 1.29 is 9.52 Å². The van der Waals surface area contributed by atoms with Crippen molar-refractivity contribution in [2.24, 2.45) is 5.92 Å². The number of hydrogen-bond donors (Lipinski definition) is 2. The molecule has 1 aromatic rings. The van der Waals surface area contributed by atoms with E-state index in [0.29, 0.717) is 18.2 Å². The SMILES string of the molecule is CC(CO)CCCNCc1ccc(C#N)o1. The molecule has 88 valence electrons. The maximum Gasteiger partial charge on any atom is 0.203 e. The van der Waals surface area contributed by atoms with Gasteiger partial charge in [0.15, 0.2) is 0 Å². The summed E-state index contributed by atoms with van der Waals surface area (Å²) in [5.74, 6) is 1.51. The number of nitrogens with zero attached hydrogens (tertiary/aromatic N) is 1. The zero-order valence-electron chi connectivity index (χ0n) is 9.57. The van der Waals surface area contributed by atoms with E-state index >= 15 is 0 Å². The first-order chi connectivity index (χ1) is 7.76. The van der Waals surface area contributed by atoms with E-state index in [0.717, 1.165) is 25.1 Å². The molecule has 4 heteroatoms. The molecule has 0 aliphatic heterocycles. The monoisotopic (exact) mass is 222 g/mol. The summed E-state index contributed by atoms with van der Waals surface area (Å²) < 4.78 is 5.22. The second-order valence-corrected chi connectivity index (χ2v) is 3.98. The van der Waals surface area contributed by atoms with Crippen LogP contribution < -0.4 is 5.32 Å². The zero-order chi connectivity index (χ0) is 11.8. The van der Waals surface area contributed by atoms with Gasteiger partial charge in [-0.05, 0) is 37.4 Å². The zero-order valence-corrected chi connectivity index (χ0v) is 9.57. The van der Waals surface area contributed by atoms with E-state index in [4.69, 9.17) is 14.8 Å². The Morgan fingerprint density at radius 1 is 1.56 bits per heavy atom. The molecule has 0 aliphatic rings. The largest absolute Gasteiger partial charge is 0.449 e. The van der Waals surface area contributed by atoms with Gasteiger partial charge in [-0.25, -0.2) is 0 Å². The van der Waals surface area contributed by atoms with E-state index in [1.54, 1.807) is 6.07 Å². The average Bonchev–Trinajstić information content (AvgIpc) is 2.76. The Morgan fingerprint density at radius 2 is 2.38 bits per heavy atom. The van der Waals surface area contributed by atoms with Gasteiger partial charge >= 0.3 is 0 Å². The molecule has 1 atom stereocenters. The van der Waals surface area contributed by atoms with Crippen molar-refractivity contribution in [3.8, 4) is 6.07 Å². The molecule has 0 amide bonds. The second-order valence-electron chi connectivity index (χ2n) is 3.98. The topological polar surface area (TPSA) is 69.2 Å². The molecule has 0 saturated heterocycles. The lowest BCUT2D eigenvalue weighted by Crippen LogP contribution is -2.15. The first-order valence-corrected chi connectivity index (χ1v) is 5.56. The summed E-state index contributed by atoms with van der Waals surface area (Å²) in [6, 6.07) is 5.43. The molecular formula is C12H18N2O2. The van der Waals surface area contributed by atoms with Crippen LogP contribution in [0, 0.1) is 17.2 Å². The summed E-state index contributed by atoms with van der Waals surface area (Å²) in [6.07, 6.45) is 2.05. The molecule has 0 aromatic carbocycles. The van der Waals surface area contributed by atoms with Crippen molar-refractivity contribution in [1.82, 2.24) is 5.32 Å². The van der Waals surface area contributed by atoms with Crippen molar-refractivity contribution in [3.63, 3.8) is 0 Å². The number of aliphatic hydroxyl groups is 1. The number of nitriles is 1. The molecule has 0 bridgehead atoms.